The molecule has 3 atom stereocenters. The van der Waals surface area contributed by atoms with Crippen LogP contribution in [-0.2, 0) is 6.18 Å². The molecule has 2 heterocycles. The lowest BCUT2D eigenvalue weighted by Gasteiger charge is -2.30. The number of halogens is 3. The number of ether oxygens (including phenoxy) is 1. The van der Waals surface area contributed by atoms with Crippen molar-refractivity contribution < 1.29 is 17.9 Å². The summed E-state index contributed by atoms with van der Waals surface area (Å²) in [5, 5.41) is 3.39. The average molecular weight is 257 g/mol. The third kappa shape index (κ3) is 1.86. The molecule has 2 aliphatic heterocycles. The Morgan fingerprint density at radius 1 is 1.28 bits per heavy atom. The van der Waals surface area contributed by atoms with Crippen molar-refractivity contribution in [1.82, 2.24) is 5.32 Å². The second kappa shape index (κ2) is 3.88. The molecule has 5 heteroatoms. The number of benzene rings is 1. The van der Waals surface area contributed by atoms with Gasteiger partial charge in [0.15, 0.2) is 0 Å². The minimum Gasteiger partial charge on any atom is -0.488 e. The number of rotatable bonds is 0. The fourth-order valence-corrected chi connectivity index (χ4v) is 2.73. The van der Waals surface area contributed by atoms with Crippen molar-refractivity contribution in [2.75, 3.05) is 0 Å². The zero-order valence-electron chi connectivity index (χ0n) is 9.92. The number of hydrogen-bond acceptors (Lipinski definition) is 2. The highest BCUT2D eigenvalue weighted by Gasteiger charge is 2.40. The number of hydrogen-bond donors (Lipinski definition) is 1. The van der Waals surface area contributed by atoms with Gasteiger partial charge in [-0.2, -0.15) is 13.2 Å². The molecule has 0 spiro atoms. The quantitative estimate of drug-likeness (QED) is 0.770. The lowest BCUT2D eigenvalue weighted by atomic mass is 9.93. The number of piperidine rings is 1. The van der Waals surface area contributed by atoms with Gasteiger partial charge in [0.05, 0.1) is 11.6 Å². The van der Waals surface area contributed by atoms with Gasteiger partial charge in [-0.15, -0.1) is 0 Å². The third-order valence-corrected chi connectivity index (χ3v) is 3.67. The van der Waals surface area contributed by atoms with Crippen LogP contribution < -0.4 is 10.1 Å². The van der Waals surface area contributed by atoms with E-state index in [-0.39, 0.29) is 12.1 Å². The SMILES string of the molecule is C[C@@H]1CC[C@@H]2Oc3cc(C(F)(F)F)ccc3C2N1. The summed E-state index contributed by atoms with van der Waals surface area (Å²) >= 11 is 0. The molecule has 3 rings (SSSR count). The van der Waals surface area contributed by atoms with E-state index in [0.29, 0.717) is 11.8 Å². The fraction of sp³-hybridized carbons (Fsp3) is 0.538. The van der Waals surface area contributed by atoms with Crippen LogP contribution in [0.2, 0.25) is 0 Å². The van der Waals surface area contributed by atoms with Crippen LogP contribution in [0.25, 0.3) is 0 Å². The first-order valence-electron chi connectivity index (χ1n) is 6.09. The maximum Gasteiger partial charge on any atom is 0.416 e. The van der Waals surface area contributed by atoms with Gasteiger partial charge >= 0.3 is 6.18 Å². The Labute approximate surface area is 103 Å². The standard InChI is InChI=1S/C13H14F3NO/c1-7-2-5-10-12(17-7)9-4-3-8(13(14,15)16)6-11(9)18-10/h3-4,6-7,10,12,17H,2,5H2,1H3/t7-,10+,12?/m1/s1. The molecule has 1 N–H and O–H groups in total. The van der Waals surface area contributed by atoms with Gasteiger partial charge in [-0.25, -0.2) is 0 Å². The van der Waals surface area contributed by atoms with Gasteiger partial charge in [0.25, 0.3) is 0 Å². The summed E-state index contributed by atoms with van der Waals surface area (Å²) in [5.41, 5.74) is 0.201. The highest BCUT2D eigenvalue weighted by Crippen LogP contribution is 2.43. The lowest BCUT2D eigenvalue weighted by molar-refractivity contribution is -0.137. The molecule has 1 fully saturated rings. The van der Waals surface area contributed by atoms with Crippen LogP contribution in [0.5, 0.6) is 5.75 Å². The molecule has 98 valence electrons. The van der Waals surface area contributed by atoms with E-state index in [1.807, 2.05) is 0 Å². The van der Waals surface area contributed by atoms with Gasteiger partial charge in [0, 0.05) is 11.6 Å². The molecular weight excluding hydrogens is 243 g/mol. The number of fused-ring (bicyclic) bond motifs is 3. The van der Waals surface area contributed by atoms with E-state index in [9.17, 15) is 13.2 Å². The Bertz CT molecular complexity index is 472. The molecule has 1 aromatic carbocycles. The Hall–Kier alpha value is -1.23. The van der Waals surface area contributed by atoms with Crippen molar-refractivity contribution in [1.29, 1.82) is 0 Å². The largest absolute Gasteiger partial charge is 0.488 e. The maximum atomic E-state index is 12.6. The molecule has 18 heavy (non-hydrogen) atoms. The Kier molecular flexibility index (Phi) is 2.55. The average Bonchev–Trinajstić information content (AvgIpc) is 2.65. The smallest absolute Gasteiger partial charge is 0.416 e. The molecule has 0 radical (unpaired) electrons. The summed E-state index contributed by atoms with van der Waals surface area (Å²) in [5.74, 6) is 0.376. The van der Waals surface area contributed by atoms with Crippen molar-refractivity contribution in [3.8, 4) is 5.75 Å². The summed E-state index contributed by atoms with van der Waals surface area (Å²) in [4.78, 5) is 0. The summed E-state index contributed by atoms with van der Waals surface area (Å²) in [6, 6.07) is 4.19. The number of alkyl halides is 3. The van der Waals surface area contributed by atoms with E-state index in [1.165, 1.54) is 6.07 Å². The van der Waals surface area contributed by atoms with E-state index >= 15 is 0 Å². The minimum absolute atomic E-state index is 0.0281. The van der Waals surface area contributed by atoms with Gasteiger partial charge < -0.3 is 10.1 Å². The van der Waals surface area contributed by atoms with Crippen molar-refractivity contribution in [2.45, 2.75) is 44.1 Å². The van der Waals surface area contributed by atoms with Gasteiger partial charge in [-0.05, 0) is 31.9 Å². The van der Waals surface area contributed by atoms with Crippen LogP contribution in [0.1, 0.15) is 36.9 Å². The van der Waals surface area contributed by atoms with Crippen molar-refractivity contribution in [2.24, 2.45) is 0 Å². The van der Waals surface area contributed by atoms with Crippen molar-refractivity contribution in [3.63, 3.8) is 0 Å². The van der Waals surface area contributed by atoms with Gasteiger partial charge in [-0.1, -0.05) is 6.07 Å². The number of nitrogens with one attached hydrogen (secondary N) is 1. The van der Waals surface area contributed by atoms with Gasteiger partial charge in [-0.3, -0.25) is 0 Å². The molecule has 0 saturated carbocycles. The fourth-order valence-electron chi connectivity index (χ4n) is 2.73. The van der Waals surface area contributed by atoms with Gasteiger partial charge in [0.2, 0.25) is 0 Å². The van der Waals surface area contributed by atoms with Crippen molar-refractivity contribution in [3.05, 3.63) is 29.3 Å². The molecule has 0 amide bonds. The molecule has 2 nitrogen and oxygen atoms in total. The van der Waals surface area contributed by atoms with E-state index in [0.717, 1.165) is 30.5 Å². The Morgan fingerprint density at radius 3 is 2.78 bits per heavy atom. The zero-order valence-corrected chi connectivity index (χ0v) is 9.92. The summed E-state index contributed by atoms with van der Waals surface area (Å²) in [6.45, 7) is 2.08. The van der Waals surface area contributed by atoms with Crippen LogP contribution >= 0.6 is 0 Å². The Morgan fingerprint density at radius 2 is 2.06 bits per heavy atom. The van der Waals surface area contributed by atoms with Crippen LogP contribution in [0.15, 0.2) is 18.2 Å². The second-order valence-corrected chi connectivity index (χ2v) is 5.03. The summed E-state index contributed by atoms with van der Waals surface area (Å²) < 4.78 is 43.5. The molecule has 1 aromatic rings. The van der Waals surface area contributed by atoms with Gasteiger partial charge in [0.1, 0.15) is 11.9 Å². The Balaban J connectivity index is 1.94. The normalized spacial score (nSPS) is 30.6. The van der Waals surface area contributed by atoms with Crippen LogP contribution in [0.3, 0.4) is 0 Å². The first-order chi connectivity index (χ1) is 8.45. The molecule has 0 aliphatic carbocycles. The first kappa shape index (κ1) is 11.8. The predicted molar refractivity (Wildman–Crippen MR) is 60.4 cm³/mol. The molecule has 1 unspecified atom stereocenters. The molecular formula is C13H14F3NO. The molecule has 2 aliphatic rings. The molecule has 1 saturated heterocycles. The summed E-state index contributed by atoms with van der Waals surface area (Å²) in [6.07, 6.45) is -2.47. The minimum atomic E-state index is -4.31. The summed E-state index contributed by atoms with van der Waals surface area (Å²) in [7, 11) is 0. The van der Waals surface area contributed by atoms with E-state index < -0.39 is 11.7 Å². The van der Waals surface area contributed by atoms with E-state index in [1.54, 1.807) is 0 Å². The van der Waals surface area contributed by atoms with Crippen LogP contribution in [0.4, 0.5) is 13.2 Å². The zero-order chi connectivity index (χ0) is 12.9. The maximum absolute atomic E-state index is 12.6. The monoisotopic (exact) mass is 257 g/mol. The second-order valence-electron chi connectivity index (χ2n) is 5.03. The van der Waals surface area contributed by atoms with Crippen molar-refractivity contribution >= 4 is 0 Å². The molecule has 0 aromatic heterocycles. The van der Waals surface area contributed by atoms with Crippen LogP contribution in [-0.4, -0.2) is 12.1 Å². The van der Waals surface area contributed by atoms with E-state index in [2.05, 4.69) is 12.2 Å². The first-order valence-corrected chi connectivity index (χ1v) is 6.09. The predicted octanol–water partition coefficient (Wildman–Crippen LogP) is 3.28. The topological polar surface area (TPSA) is 21.3 Å². The lowest BCUT2D eigenvalue weighted by Crippen LogP contribution is -2.42. The third-order valence-electron chi connectivity index (χ3n) is 3.67. The highest BCUT2D eigenvalue weighted by molar-refractivity contribution is 5.44. The highest BCUT2D eigenvalue weighted by atomic mass is 19.4. The van der Waals surface area contributed by atoms with E-state index in [4.69, 9.17) is 4.74 Å². The van der Waals surface area contributed by atoms with Crippen LogP contribution in [0, 0.1) is 0 Å². The molecule has 0 bridgehead atoms.